The SMILES string of the molecule is NC(=O)C1(Cc2ccc(-c3ccsc3)cc2)CCN(Cc2ccncc2)C1. The summed E-state index contributed by atoms with van der Waals surface area (Å²) in [6.07, 6.45) is 5.11. The Morgan fingerprint density at radius 1 is 1.07 bits per heavy atom. The number of carbonyl (C=O) groups excluding carboxylic acids is 1. The van der Waals surface area contributed by atoms with Gasteiger partial charge < -0.3 is 5.73 Å². The van der Waals surface area contributed by atoms with E-state index in [9.17, 15) is 4.79 Å². The maximum atomic E-state index is 12.4. The number of likely N-dealkylation sites (tertiary alicyclic amines) is 1. The van der Waals surface area contributed by atoms with Crippen molar-refractivity contribution in [3.05, 3.63) is 76.7 Å². The Hall–Kier alpha value is -2.50. The van der Waals surface area contributed by atoms with Gasteiger partial charge in [-0.1, -0.05) is 24.3 Å². The molecule has 1 aromatic carbocycles. The van der Waals surface area contributed by atoms with Gasteiger partial charge in [0, 0.05) is 25.5 Å². The highest BCUT2D eigenvalue weighted by molar-refractivity contribution is 7.08. The molecule has 1 aliphatic rings. The second-order valence-corrected chi connectivity index (χ2v) is 8.13. The molecule has 3 heterocycles. The fourth-order valence-electron chi connectivity index (χ4n) is 3.91. The lowest BCUT2D eigenvalue weighted by Crippen LogP contribution is -2.41. The van der Waals surface area contributed by atoms with Gasteiger partial charge in [0.25, 0.3) is 0 Å². The molecule has 5 heteroatoms. The summed E-state index contributed by atoms with van der Waals surface area (Å²) in [5.41, 5.74) is 10.2. The highest BCUT2D eigenvalue weighted by Gasteiger charge is 2.43. The van der Waals surface area contributed by atoms with Crippen molar-refractivity contribution in [1.29, 1.82) is 0 Å². The van der Waals surface area contributed by atoms with Gasteiger partial charge in [-0.05, 0) is 70.6 Å². The number of nitrogens with two attached hydrogens (primary N) is 1. The Balaban J connectivity index is 1.47. The van der Waals surface area contributed by atoms with Crippen LogP contribution in [0.15, 0.2) is 65.6 Å². The molecule has 1 saturated heterocycles. The molecule has 27 heavy (non-hydrogen) atoms. The second kappa shape index (κ2) is 7.62. The molecule has 1 atom stereocenters. The Morgan fingerprint density at radius 2 is 1.85 bits per heavy atom. The fourth-order valence-corrected chi connectivity index (χ4v) is 4.57. The highest BCUT2D eigenvalue weighted by Crippen LogP contribution is 2.35. The quantitative estimate of drug-likeness (QED) is 0.712. The third-order valence-corrected chi connectivity index (χ3v) is 6.15. The fraction of sp³-hybridized carbons (Fsp3) is 0.273. The first-order valence-electron chi connectivity index (χ1n) is 9.17. The standard InChI is InChI=1S/C22H23N3OS/c23-21(26)22(8-11-25(16-22)14-18-5-9-24-10-6-18)13-17-1-3-19(4-2-17)20-7-12-27-15-20/h1-7,9-10,12,15H,8,11,13-14,16H2,(H2,23,26). The van der Waals surface area contributed by atoms with E-state index in [1.165, 1.54) is 22.3 Å². The van der Waals surface area contributed by atoms with Crippen LogP contribution in [0.2, 0.25) is 0 Å². The molecule has 0 aliphatic carbocycles. The second-order valence-electron chi connectivity index (χ2n) is 7.35. The van der Waals surface area contributed by atoms with Crippen molar-refractivity contribution in [3.63, 3.8) is 0 Å². The zero-order chi connectivity index (χ0) is 18.7. The van der Waals surface area contributed by atoms with Crippen molar-refractivity contribution in [3.8, 4) is 11.1 Å². The monoisotopic (exact) mass is 377 g/mol. The van der Waals surface area contributed by atoms with Crippen molar-refractivity contribution >= 4 is 17.2 Å². The van der Waals surface area contributed by atoms with E-state index < -0.39 is 5.41 Å². The summed E-state index contributed by atoms with van der Waals surface area (Å²) in [5.74, 6) is -0.193. The summed E-state index contributed by atoms with van der Waals surface area (Å²) in [7, 11) is 0. The van der Waals surface area contributed by atoms with Crippen LogP contribution in [0.25, 0.3) is 11.1 Å². The Labute approximate surface area is 163 Å². The van der Waals surface area contributed by atoms with Crippen LogP contribution in [0.4, 0.5) is 0 Å². The van der Waals surface area contributed by atoms with Gasteiger partial charge in [-0.15, -0.1) is 0 Å². The Bertz CT molecular complexity index is 893. The van der Waals surface area contributed by atoms with Crippen LogP contribution in [0, 0.1) is 5.41 Å². The number of primary amides is 1. The maximum absolute atomic E-state index is 12.4. The number of nitrogens with zero attached hydrogens (tertiary/aromatic N) is 2. The summed E-state index contributed by atoms with van der Waals surface area (Å²) in [5, 5.41) is 4.23. The maximum Gasteiger partial charge on any atom is 0.225 e. The summed E-state index contributed by atoms with van der Waals surface area (Å²) >= 11 is 1.70. The predicted molar refractivity (Wildman–Crippen MR) is 109 cm³/mol. The van der Waals surface area contributed by atoms with Crippen molar-refractivity contribution < 1.29 is 4.79 Å². The average molecular weight is 378 g/mol. The first-order valence-corrected chi connectivity index (χ1v) is 10.1. The molecule has 0 bridgehead atoms. The Morgan fingerprint density at radius 3 is 2.52 bits per heavy atom. The van der Waals surface area contributed by atoms with Gasteiger partial charge in [0.2, 0.25) is 5.91 Å². The molecule has 138 valence electrons. The van der Waals surface area contributed by atoms with Crippen LogP contribution in [-0.4, -0.2) is 28.9 Å². The summed E-state index contributed by atoms with van der Waals surface area (Å²) in [4.78, 5) is 18.8. The van der Waals surface area contributed by atoms with Gasteiger partial charge in [0.15, 0.2) is 0 Å². The van der Waals surface area contributed by atoms with E-state index in [1.54, 1.807) is 11.3 Å². The molecule has 2 aromatic heterocycles. The van der Waals surface area contributed by atoms with E-state index in [1.807, 2.05) is 24.5 Å². The molecule has 1 aliphatic heterocycles. The van der Waals surface area contributed by atoms with Crippen LogP contribution in [0.1, 0.15) is 17.5 Å². The van der Waals surface area contributed by atoms with Gasteiger partial charge in [0.1, 0.15) is 0 Å². The molecular formula is C22H23N3OS. The molecular weight excluding hydrogens is 354 g/mol. The number of aromatic nitrogens is 1. The normalized spacial score (nSPS) is 20.0. The number of pyridine rings is 1. The summed E-state index contributed by atoms with van der Waals surface area (Å²) < 4.78 is 0. The van der Waals surface area contributed by atoms with Gasteiger partial charge in [-0.3, -0.25) is 14.7 Å². The van der Waals surface area contributed by atoms with Crippen LogP contribution >= 0.6 is 11.3 Å². The van der Waals surface area contributed by atoms with E-state index in [4.69, 9.17) is 5.73 Å². The van der Waals surface area contributed by atoms with Crippen molar-refractivity contribution in [1.82, 2.24) is 9.88 Å². The van der Waals surface area contributed by atoms with E-state index in [0.717, 1.165) is 19.5 Å². The third-order valence-electron chi connectivity index (χ3n) is 5.46. The molecule has 0 radical (unpaired) electrons. The first kappa shape index (κ1) is 17.9. The van der Waals surface area contributed by atoms with Crippen molar-refractivity contribution in [2.75, 3.05) is 13.1 Å². The van der Waals surface area contributed by atoms with Crippen molar-refractivity contribution in [2.45, 2.75) is 19.4 Å². The molecule has 0 spiro atoms. The number of carbonyl (C=O) groups is 1. The largest absolute Gasteiger partial charge is 0.369 e. The summed E-state index contributed by atoms with van der Waals surface area (Å²) in [6, 6.07) is 14.7. The average Bonchev–Trinajstić information content (AvgIpc) is 3.34. The van der Waals surface area contributed by atoms with E-state index in [0.29, 0.717) is 13.0 Å². The minimum absolute atomic E-state index is 0.193. The zero-order valence-corrected chi connectivity index (χ0v) is 16.0. The van der Waals surface area contributed by atoms with Crippen LogP contribution in [0.3, 0.4) is 0 Å². The van der Waals surface area contributed by atoms with E-state index >= 15 is 0 Å². The number of amides is 1. The molecule has 1 amide bonds. The van der Waals surface area contributed by atoms with Gasteiger partial charge in [0.05, 0.1) is 5.41 Å². The minimum atomic E-state index is -0.489. The van der Waals surface area contributed by atoms with Gasteiger partial charge in [-0.25, -0.2) is 0 Å². The smallest absolute Gasteiger partial charge is 0.225 e. The van der Waals surface area contributed by atoms with Crippen LogP contribution < -0.4 is 5.73 Å². The van der Waals surface area contributed by atoms with E-state index in [2.05, 4.69) is 51.0 Å². The first-order chi connectivity index (χ1) is 13.1. The Kier molecular flexibility index (Phi) is 5.05. The molecule has 4 nitrogen and oxygen atoms in total. The molecule has 1 fully saturated rings. The number of thiophene rings is 1. The summed E-state index contributed by atoms with van der Waals surface area (Å²) in [6.45, 7) is 2.42. The molecule has 3 aromatic rings. The zero-order valence-electron chi connectivity index (χ0n) is 15.2. The number of benzene rings is 1. The lowest BCUT2D eigenvalue weighted by atomic mass is 9.80. The van der Waals surface area contributed by atoms with Crippen LogP contribution in [0.5, 0.6) is 0 Å². The van der Waals surface area contributed by atoms with Gasteiger partial charge in [-0.2, -0.15) is 11.3 Å². The number of rotatable bonds is 6. The molecule has 4 rings (SSSR count). The lowest BCUT2D eigenvalue weighted by molar-refractivity contribution is -0.127. The minimum Gasteiger partial charge on any atom is -0.369 e. The van der Waals surface area contributed by atoms with Crippen molar-refractivity contribution in [2.24, 2.45) is 11.1 Å². The van der Waals surface area contributed by atoms with E-state index in [-0.39, 0.29) is 5.91 Å². The predicted octanol–water partition coefficient (Wildman–Crippen LogP) is 3.73. The lowest BCUT2D eigenvalue weighted by Gasteiger charge is -2.26. The van der Waals surface area contributed by atoms with Crippen LogP contribution in [-0.2, 0) is 17.8 Å². The molecule has 2 N–H and O–H groups in total. The third kappa shape index (κ3) is 3.94. The number of hydrogen-bond donors (Lipinski definition) is 1. The topological polar surface area (TPSA) is 59.2 Å². The molecule has 0 saturated carbocycles. The highest BCUT2D eigenvalue weighted by atomic mass is 32.1. The van der Waals surface area contributed by atoms with Gasteiger partial charge >= 0.3 is 0 Å². The molecule has 1 unspecified atom stereocenters. The number of hydrogen-bond acceptors (Lipinski definition) is 4.